The summed E-state index contributed by atoms with van der Waals surface area (Å²) in [6.45, 7) is 0.409. The van der Waals surface area contributed by atoms with Gasteiger partial charge in [0.05, 0.1) is 97.2 Å². The Hall–Kier alpha value is -8.85. The monoisotopic (exact) mass is 1250 g/mol. The molecule has 0 radical (unpaired) electrons. The van der Waals surface area contributed by atoms with E-state index in [0.717, 1.165) is 16.4 Å². The van der Waals surface area contributed by atoms with E-state index >= 15 is 0 Å². The highest BCUT2D eigenvalue weighted by Gasteiger charge is 2.39. The third kappa shape index (κ3) is 21.1. The van der Waals surface area contributed by atoms with Crippen molar-refractivity contribution >= 4 is 60.3 Å². The first kappa shape index (κ1) is 68.6. The number of phenolic OH excluding ortho intramolecular Hbond substituents is 1. The van der Waals surface area contributed by atoms with Gasteiger partial charge in [-0.05, 0) is 77.4 Å². The quantitative estimate of drug-likeness (QED) is 0.0521. The van der Waals surface area contributed by atoms with E-state index in [1.807, 2.05) is 30.3 Å². The topological polar surface area (TPSA) is 268 Å². The summed E-state index contributed by atoms with van der Waals surface area (Å²) in [5.74, 6) is -0.727. The van der Waals surface area contributed by atoms with E-state index in [0.29, 0.717) is 57.8 Å². The third-order valence-electron chi connectivity index (χ3n) is 11.3. The molecule has 0 fully saturated rings. The summed E-state index contributed by atoms with van der Waals surface area (Å²) in [7, 11) is -1.39. The van der Waals surface area contributed by atoms with Crippen LogP contribution in [-0.4, -0.2) is 90.8 Å². The molecule has 7 rings (SSSR count). The van der Waals surface area contributed by atoms with E-state index in [1.54, 1.807) is 66.7 Å². The predicted molar refractivity (Wildman–Crippen MR) is 321 cm³/mol. The highest BCUT2D eigenvalue weighted by molar-refractivity contribution is 7.93. The third-order valence-corrected chi connectivity index (χ3v) is 15.3. The molecule has 0 bridgehead atoms. The zero-order chi connectivity index (χ0) is 61.3. The number of hydrogen-bond donors (Lipinski definition) is 1. The lowest BCUT2D eigenvalue weighted by atomic mass is 10.1. The van der Waals surface area contributed by atoms with Crippen molar-refractivity contribution < 1.29 is 96.7 Å². The molecule has 0 spiro atoms. The van der Waals surface area contributed by atoms with Crippen LogP contribution in [0.5, 0.6) is 57.5 Å². The Morgan fingerprint density at radius 2 is 0.847 bits per heavy atom. The van der Waals surface area contributed by atoms with Gasteiger partial charge in [0.1, 0.15) is 34.5 Å². The van der Waals surface area contributed by atoms with Crippen LogP contribution in [0.2, 0.25) is 0 Å². The van der Waals surface area contributed by atoms with Gasteiger partial charge in [0, 0.05) is 35.1 Å². The van der Waals surface area contributed by atoms with Gasteiger partial charge in [-0.1, -0.05) is 86.3 Å². The van der Waals surface area contributed by atoms with E-state index in [4.69, 9.17) is 51.5 Å². The van der Waals surface area contributed by atoms with Crippen LogP contribution in [0.1, 0.15) is 56.0 Å². The second-order valence-electron chi connectivity index (χ2n) is 17.0. The average Bonchev–Trinajstić information content (AvgIpc) is 2.95. The first-order valence-electron chi connectivity index (χ1n) is 24.6. The van der Waals surface area contributed by atoms with Crippen molar-refractivity contribution in [3.05, 3.63) is 201 Å². The molecule has 21 nitrogen and oxygen atoms in total. The number of phosphoric ester groups is 1. The molecule has 0 atom stereocenters. The molecule has 0 aliphatic carbocycles. The van der Waals surface area contributed by atoms with E-state index < -0.39 is 45.2 Å². The highest BCUT2D eigenvalue weighted by Crippen LogP contribution is 2.53. The fraction of sp³-hybridized carbons (Fsp3) is 0.200. The maximum atomic E-state index is 13.9. The molecule has 1 N–H and O–H groups in total. The minimum atomic E-state index is -5.05. The average molecular weight is 1250 g/mol. The van der Waals surface area contributed by atoms with Crippen LogP contribution >= 0.6 is 16.5 Å². The summed E-state index contributed by atoms with van der Waals surface area (Å²) in [6.07, 6.45) is 2.74. The Morgan fingerprint density at radius 3 is 1.21 bits per heavy atom. The summed E-state index contributed by atoms with van der Waals surface area (Å²) < 4.78 is 138. The van der Waals surface area contributed by atoms with Gasteiger partial charge >= 0.3 is 28.4 Å². The summed E-state index contributed by atoms with van der Waals surface area (Å²) in [5.41, 5.74) is 2.50. The summed E-state index contributed by atoms with van der Waals surface area (Å²) in [5, 5.41) is 11.9. The number of phosphoric acid groups is 1. The molecule has 0 aliphatic rings. The van der Waals surface area contributed by atoms with E-state index in [1.165, 1.54) is 124 Å². The second kappa shape index (κ2) is 33.4. The van der Waals surface area contributed by atoms with Gasteiger partial charge in [-0.3, -0.25) is 4.52 Å². The van der Waals surface area contributed by atoms with Gasteiger partial charge in [-0.2, -0.15) is 4.57 Å². The molecule has 452 valence electrons. The van der Waals surface area contributed by atoms with Gasteiger partial charge in [-0.25, -0.2) is 31.0 Å². The molecule has 0 saturated carbocycles. The molecule has 0 amide bonds. The van der Waals surface area contributed by atoms with Crippen LogP contribution in [0.3, 0.4) is 0 Å². The smallest absolute Gasteiger partial charge is 0.504 e. The zero-order valence-corrected chi connectivity index (χ0v) is 50.1. The molecule has 0 saturated heterocycles. The van der Waals surface area contributed by atoms with E-state index in [-0.39, 0.29) is 61.6 Å². The Labute approximate surface area is 495 Å². The molecule has 7 aromatic rings. The van der Waals surface area contributed by atoms with Crippen molar-refractivity contribution in [2.45, 2.75) is 25.5 Å². The highest BCUT2D eigenvalue weighted by atomic mass is 32.2. The first-order chi connectivity index (χ1) is 40.3. The number of benzene rings is 7. The standard InChI is InChI=1S/C33H31O12PS.C19H22O7S.C7H7O2P.CH4/c1-39-26-20-29(41-3)27(30(21-26)42-4)17-18-47(37,38)22-23-15-16-28(40-2)31(19-23)43-46(36,44-32(34)24-11-7-5-8-12-24)45-33(35)25-13-9-6-10-14-25;1-23-14-10-18(25-3)15(19(11-14)26-4)7-8-27(21,22)12-13-5-6-17(24-2)16(20)9-13;8-10-9-6-7-4-2-1-3-5-7;/h5-21H,22H2,1-4H3;5-11,20H,12H2,1-4H3;1-5H,6H2;1H4/b18-17+;8-7+;;. The second-order valence-corrected chi connectivity index (χ2v) is 22.6. The fourth-order valence-corrected chi connectivity index (χ4v) is 10.8. The maximum Gasteiger partial charge on any atom is 0.652 e. The van der Waals surface area contributed by atoms with Gasteiger partial charge in [0.25, 0.3) is 0 Å². The number of phenols is 1. The van der Waals surface area contributed by atoms with Crippen LogP contribution in [-0.2, 0) is 60.5 Å². The van der Waals surface area contributed by atoms with Crippen molar-refractivity contribution in [2.75, 3.05) is 56.9 Å². The number of carbonyl (C=O) groups excluding carboxylic acids is 2. The number of sulfone groups is 2. The zero-order valence-electron chi connectivity index (χ0n) is 46.7. The lowest BCUT2D eigenvalue weighted by molar-refractivity contribution is 0.0572. The molecular weight excluding hydrogens is 1180 g/mol. The van der Waals surface area contributed by atoms with Gasteiger partial charge in [-0.15, -0.1) is 0 Å². The number of methoxy groups -OCH3 is 8. The summed E-state index contributed by atoms with van der Waals surface area (Å²) >= 11 is 0. The normalized spacial score (nSPS) is 11.1. The molecular formula is C60H64O21P2S2. The number of hydrogen-bond acceptors (Lipinski definition) is 21. The van der Waals surface area contributed by atoms with Crippen molar-refractivity contribution in [3.63, 3.8) is 0 Å². The molecule has 0 unspecified atom stereocenters. The minimum Gasteiger partial charge on any atom is -0.504 e. The van der Waals surface area contributed by atoms with Crippen LogP contribution in [0.4, 0.5) is 0 Å². The molecule has 0 aromatic heterocycles. The molecule has 7 aromatic carbocycles. The summed E-state index contributed by atoms with van der Waals surface area (Å²) in [6, 6.07) is 39.7. The first-order valence-corrected chi connectivity index (χ1v) is 30.2. The molecule has 25 heteroatoms. The number of aromatic hydroxyl groups is 1. The number of ether oxygens (including phenoxy) is 8. The SMILES string of the molecule is C.COc1cc(OC)c(/C=C/S(=O)(=O)Cc2ccc(OC)c(O)c2)c(OC)c1.COc1cc(OC)c(/C=C/S(=O)(=O)Cc2ccc(OC)c(OP(=O)(OC(=O)c3ccccc3)OC(=O)c3ccccc3)c2)c(OC)c1.O=POCc1ccccc1. The largest absolute Gasteiger partial charge is 0.652 e. The Bertz CT molecular complexity index is 3570. The van der Waals surface area contributed by atoms with Gasteiger partial charge in [0.2, 0.25) is 0 Å². The summed E-state index contributed by atoms with van der Waals surface area (Å²) in [4.78, 5) is 25.8. The van der Waals surface area contributed by atoms with Crippen molar-refractivity contribution in [1.82, 2.24) is 0 Å². The van der Waals surface area contributed by atoms with Crippen LogP contribution in [0, 0.1) is 0 Å². The van der Waals surface area contributed by atoms with Crippen LogP contribution < -0.4 is 42.4 Å². The fourth-order valence-electron chi connectivity index (χ4n) is 7.31. The minimum absolute atomic E-state index is 0. The lowest BCUT2D eigenvalue weighted by Gasteiger charge is -2.19. The Balaban J connectivity index is 0.000000340. The Morgan fingerprint density at radius 1 is 0.471 bits per heavy atom. The van der Waals surface area contributed by atoms with E-state index in [9.17, 15) is 40.7 Å². The maximum absolute atomic E-state index is 13.9. The van der Waals surface area contributed by atoms with Crippen molar-refractivity contribution in [3.8, 4) is 57.5 Å². The van der Waals surface area contributed by atoms with Crippen LogP contribution in [0.25, 0.3) is 12.2 Å². The number of rotatable bonds is 25. The molecule has 85 heavy (non-hydrogen) atoms. The van der Waals surface area contributed by atoms with Crippen LogP contribution in [0.15, 0.2) is 162 Å². The van der Waals surface area contributed by atoms with Crippen molar-refractivity contribution in [1.29, 1.82) is 0 Å². The predicted octanol–water partition coefficient (Wildman–Crippen LogP) is 12.6. The van der Waals surface area contributed by atoms with Crippen molar-refractivity contribution in [2.24, 2.45) is 0 Å². The van der Waals surface area contributed by atoms with Gasteiger partial charge < -0.3 is 56.6 Å². The van der Waals surface area contributed by atoms with E-state index in [2.05, 4.69) is 4.52 Å². The molecule has 0 aliphatic heterocycles. The Kier molecular flexibility index (Phi) is 27.0. The lowest BCUT2D eigenvalue weighted by Crippen LogP contribution is -2.13. The number of carbonyl (C=O) groups is 2. The molecule has 0 heterocycles. The van der Waals surface area contributed by atoms with Gasteiger partial charge in [0.15, 0.2) is 42.7 Å².